The molecule has 0 aromatic carbocycles. The Morgan fingerprint density at radius 1 is 1.24 bits per heavy atom. The third-order valence-electron chi connectivity index (χ3n) is 5.44. The summed E-state index contributed by atoms with van der Waals surface area (Å²) in [6.45, 7) is 4.02. The highest BCUT2D eigenvalue weighted by Gasteiger charge is 2.47. The molecule has 3 fully saturated rings. The normalized spacial score (nSPS) is 36.6. The minimum Gasteiger partial charge on any atom is -0.465 e. The van der Waals surface area contributed by atoms with Gasteiger partial charge in [-0.1, -0.05) is 12.8 Å². The predicted octanol–water partition coefficient (Wildman–Crippen LogP) is 2.66. The first-order chi connectivity index (χ1) is 10.2. The zero-order valence-corrected chi connectivity index (χ0v) is 13.2. The summed E-state index contributed by atoms with van der Waals surface area (Å²) < 4.78 is 11.1. The average Bonchev–Trinajstić information content (AvgIpc) is 3.22. The van der Waals surface area contributed by atoms with Crippen molar-refractivity contribution in [3.8, 4) is 0 Å². The van der Waals surface area contributed by atoms with Gasteiger partial charge in [-0.25, -0.2) is 0 Å². The first-order valence-corrected chi connectivity index (χ1v) is 8.77. The van der Waals surface area contributed by atoms with E-state index >= 15 is 0 Å². The van der Waals surface area contributed by atoms with Crippen molar-refractivity contribution in [2.75, 3.05) is 19.8 Å². The molecule has 1 heterocycles. The molecule has 2 saturated carbocycles. The molecule has 0 aromatic heterocycles. The van der Waals surface area contributed by atoms with Crippen LogP contribution in [0.15, 0.2) is 0 Å². The van der Waals surface area contributed by atoms with E-state index in [2.05, 4.69) is 5.32 Å². The molecule has 3 aliphatic rings. The maximum Gasteiger partial charge on any atom is 0.326 e. The summed E-state index contributed by atoms with van der Waals surface area (Å²) in [6.07, 6.45) is 9.54. The summed E-state index contributed by atoms with van der Waals surface area (Å²) in [7, 11) is 0. The smallest absolute Gasteiger partial charge is 0.326 e. The Labute approximate surface area is 127 Å². The van der Waals surface area contributed by atoms with Crippen LogP contribution in [0.2, 0.25) is 0 Å². The van der Waals surface area contributed by atoms with E-state index in [1.54, 1.807) is 0 Å². The summed E-state index contributed by atoms with van der Waals surface area (Å²) in [5.74, 6) is 1.54. The van der Waals surface area contributed by atoms with Crippen molar-refractivity contribution in [2.45, 2.75) is 69.9 Å². The molecule has 3 rings (SSSR count). The molecule has 120 valence electrons. The van der Waals surface area contributed by atoms with Gasteiger partial charge in [0.25, 0.3) is 0 Å². The highest BCUT2D eigenvalue weighted by molar-refractivity contribution is 5.81. The molecular weight excluding hydrogens is 266 g/mol. The zero-order chi connectivity index (χ0) is 14.7. The fraction of sp³-hybridized carbons (Fsp3) is 0.941. The van der Waals surface area contributed by atoms with Crippen molar-refractivity contribution < 1.29 is 14.3 Å². The van der Waals surface area contributed by atoms with Crippen molar-refractivity contribution in [2.24, 2.45) is 11.8 Å². The van der Waals surface area contributed by atoms with Crippen molar-refractivity contribution in [1.82, 2.24) is 5.32 Å². The number of rotatable bonds is 6. The molecule has 4 heteroatoms. The second-order valence-electron chi connectivity index (χ2n) is 7.01. The third-order valence-corrected chi connectivity index (χ3v) is 5.44. The van der Waals surface area contributed by atoms with Crippen LogP contribution < -0.4 is 5.32 Å². The highest BCUT2D eigenvalue weighted by atomic mass is 16.5. The SMILES string of the molecule is CCOC(=O)C1(NCC2CCCO2)CCCC(C2CC2)C1. The van der Waals surface area contributed by atoms with Gasteiger partial charge in [0.15, 0.2) is 0 Å². The van der Waals surface area contributed by atoms with Gasteiger partial charge in [-0.2, -0.15) is 0 Å². The fourth-order valence-corrected chi connectivity index (χ4v) is 4.09. The Balaban J connectivity index is 1.65. The van der Waals surface area contributed by atoms with Gasteiger partial charge in [-0.3, -0.25) is 10.1 Å². The summed E-state index contributed by atoms with van der Waals surface area (Å²) >= 11 is 0. The van der Waals surface area contributed by atoms with Crippen LogP contribution in [0.5, 0.6) is 0 Å². The second-order valence-corrected chi connectivity index (χ2v) is 7.01. The van der Waals surface area contributed by atoms with E-state index in [0.29, 0.717) is 12.5 Å². The Morgan fingerprint density at radius 2 is 2.10 bits per heavy atom. The number of esters is 1. The van der Waals surface area contributed by atoms with Gasteiger partial charge in [0.05, 0.1) is 12.7 Å². The lowest BCUT2D eigenvalue weighted by Crippen LogP contribution is -2.57. The van der Waals surface area contributed by atoms with Gasteiger partial charge in [0, 0.05) is 13.2 Å². The quantitative estimate of drug-likeness (QED) is 0.765. The van der Waals surface area contributed by atoms with Crippen LogP contribution in [0.1, 0.15) is 58.3 Å². The van der Waals surface area contributed by atoms with Gasteiger partial charge in [-0.05, 0) is 57.3 Å². The van der Waals surface area contributed by atoms with Crippen LogP contribution in [-0.2, 0) is 14.3 Å². The summed E-state index contributed by atoms with van der Waals surface area (Å²) in [5.41, 5.74) is -0.451. The number of ether oxygens (including phenoxy) is 2. The first kappa shape index (κ1) is 15.3. The summed E-state index contributed by atoms with van der Waals surface area (Å²) in [5, 5.41) is 3.57. The van der Waals surface area contributed by atoms with E-state index < -0.39 is 5.54 Å². The van der Waals surface area contributed by atoms with Gasteiger partial charge < -0.3 is 9.47 Å². The van der Waals surface area contributed by atoms with E-state index in [9.17, 15) is 4.79 Å². The Bertz CT molecular complexity index is 363. The Hall–Kier alpha value is -0.610. The molecule has 1 aliphatic heterocycles. The molecule has 4 nitrogen and oxygen atoms in total. The van der Waals surface area contributed by atoms with Crippen LogP contribution in [0.4, 0.5) is 0 Å². The van der Waals surface area contributed by atoms with Crippen LogP contribution in [0.3, 0.4) is 0 Å². The van der Waals surface area contributed by atoms with Crippen LogP contribution >= 0.6 is 0 Å². The maximum atomic E-state index is 12.6. The molecule has 0 bridgehead atoms. The Kier molecular flexibility index (Phi) is 4.85. The fourth-order valence-electron chi connectivity index (χ4n) is 4.09. The van der Waals surface area contributed by atoms with Gasteiger partial charge >= 0.3 is 5.97 Å². The van der Waals surface area contributed by atoms with E-state index in [-0.39, 0.29) is 12.1 Å². The molecular formula is C17H29NO3. The van der Waals surface area contributed by atoms with Gasteiger partial charge in [-0.15, -0.1) is 0 Å². The number of hydrogen-bond donors (Lipinski definition) is 1. The topological polar surface area (TPSA) is 47.6 Å². The lowest BCUT2D eigenvalue weighted by molar-refractivity contribution is -0.154. The molecule has 0 radical (unpaired) electrons. The Morgan fingerprint density at radius 3 is 2.76 bits per heavy atom. The molecule has 0 amide bonds. The molecule has 0 spiro atoms. The summed E-state index contributed by atoms with van der Waals surface area (Å²) in [4.78, 5) is 12.6. The molecule has 0 aromatic rings. The van der Waals surface area contributed by atoms with E-state index in [1.807, 2.05) is 6.92 Å². The summed E-state index contributed by atoms with van der Waals surface area (Å²) in [6, 6.07) is 0. The number of hydrogen-bond acceptors (Lipinski definition) is 4. The van der Waals surface area contributed by atoms with Crippen LogP contribution in [0, 0.1) is 11.8 Å². The number of carbonyl (C=O) groups excluding carboxylic acids is 1. The van der Waals surface area contributed by atoms with Crippen molar-refractivity contribution >= 4 is 5.97 Å². The van der Waals surface area contributed by atoms with Crippen molar-refractivity contribution in [3.63, 3.8) is 0 Å². The number of carbonyl (C=O) groups is 1. The first-order valence-electron chi connectivity index (χ1n) is 8.77. The van der Waals surface area contributed by atoms with Crippen molar-refractivity contribution in [1.29, 1.82) is 0 Å². The van der Waals surface area contributed by atoms with Crippen LogP contribution in [-0.4, -0.2) is 37.4 Å². The van der Waals surface area contributed by atoms with E-state index in [0.717, 1.165) is 51.2 Å². The number of nitrogens with one attached hydrogen (secondary N) is 1. The van der Waals surface area contributed by atoms with Crippen molar-refractivity contribution in [3.05, 3.63) is 0 Å². The van der Waals surface area contributed by atoms with E-state index in [4.69, 9.17) is 9.47 Å². The molecule has 3 unspecified atom stereocenters. The van der Waals surface area contributed by atoms with Gasteiger partial charge in [0.1, 0.15) is 5.54 Å². The monoisotopic (exact) mass is 295 g/mol. The molecule has 2 aliphatic carbocycles. The maximum absolute atomic E-state index is 12.6. The van der Waals surface area contributed by atoms with Crippen LogP contribution in [0.25, 0.3) is 0 Å². The van der Waals surface area contributed by atoms with Gasteiger partial charge in [0.2, 0.25) is 0 Å². The molecule has 1 N–H and O–H groups in total. The zero-order valence-electron chi connectivity index (χ0n) is 13.2. The second kappa shape index (κ2) is 6.66. The predicted molar refractivity (Wildman–Crippen MR) is 81.0 cm³/mol. The minimum atomic E-state index is -0.451. The lowest BCUT2D eigenvalue weighted by atomic mass is 9.73. The standard InChI is InChI=1S/C17H29NO3/c1-2-20-16(19)17(18-12-15-6-4-10-21-15)9-3-5-14(11-17)13-7-8-13/h13-15,18H,2-12H2,1H3. The van der Waals surface area contributed by atoms with E-state index in [1.165, 1.54) is 19.3 Å². The lowest BCUT2D eigenvalue weighted by Gasteiger charge is -2.40. The highest BCUT2D eigenvalue weighted by Crippen LogP contribution is 2.47. The largest absolute Gasteiger partial charge is 0.465 e. The average molecular weight is 295 g/mol. The third kappa shape index (κ3) is 3.59. The molecule has 1 saturated heterocycles. The molecule has 21 heavy (non-hydrogen) atoms. The molecule has 3 atom stereocenters. The minimum absolute atomic E-state index is 0.0339.